The number of aliphatic hydroxyl groups is 1. The highest BCUT2D eigenvalue weighted by atomic mass is 32.1. The minimum atomic E-state index is 0.0722. The predicted octanol–water partition coefficient (Wildman–Crippen LogP) is 1.47. The number of hydrogen-bond acceptors (Lipinski definition) is 5. The number of methoxy groups -OCH3 is 1. The van der Waals surface area contributed by atoms with Gasteiger partial charge in [-0.05, 0) is 28.8 Å². The molecule has 0 saturated heterocycles. The van der Waals surface area contributed by atoms with Crippen LogP contribution >= 0.6 is 11.3 Å². The molecule has 0 spiro atoms. The van der Waals surface area contributed by atoms with Gasteiger partial charge in [0.25, 0.3) is 0 Å². The maximum absolute atomic E-state index is 9.22. The van der Waals surface area contributed by atoms with Gasteiger partial charge in [-0.1, -0.05) is 6.92 Å². The molecule has 3 N–H and O–H groups in total. The molecule has 104 valence electrons. The van der Waals surface area contributed by atoms with Gasteiger partial charge in [0.1, 0.15) is 0 Å². The fourth-order valence-electron chi connectivity index (χ4n) is 2.12. The van der Waals surface area contributed by atoms with Crippen LogP contribution in [0.5, 0.6) is 0 Å². The first kappa shape index (κ1) is 15.6. The van der Waals surface area contributed by atoms with Gasteiger partial charge >= 0.3 is 0 Å². The van der Waals surface area contributed by atoms with Crippen LogP contribution in [-0.4, -0.2) is 49.5 Å². The van der Waals surface area contributed by atoms with Crippen molar-refractivity contribution in [1.82, 2.24) is 4.90 Å². The molecule has 0 fully saturated rings. The van der Waals surface area contributed by atoms with E-state index in [2.05, 4.69) is 28.7 Å². The van der Waals surface area contributed by atoms with E-state index in [9.17, 15) is 5.11 Å². The molecule has 0 bridgehead atoms. The third kappa shape index (κ3) is 4.33. The van der Waals surface area contributed by atoms with E-state index < -0.39 is 0 Å². The summed E-state index contributed by atoms with van der Waals surface area (Å²) in [7, 11) is 1.69. The van der Waals surface area contributed by atoms with Crippen LogP contribution in [0, 0.1) is 0 Å². The molecule has 1 aromatic heterocycles. The Labute approximate surface area is 113 Å². The third-order valence-electron chi connectivity index (χ3n) is 3.12. The zero-order valence-electron chi connectivity index (χ0n) is 11.2. The fourth-order valence-corrected chi connectivity index (χ4v) is 2.81. The summed E-state index contributed by atoms with van der Waals surface area (Å²) in [5, 5.41) is 13.4. The first-order chi connectivity index (χ1) is 8.74. The molecule has 0 aromatic carbocycles. The molecule has 0 aliphatic carbocycles. The van der Waals surface area contributed by atoms with E-state index >= 15 is 0 Å². The van der Waals surface area contributed by atoms with Crippen LogP contribution in [0.1, 0.15) is 24.9 Å². The lowest BCUT2D eigenvalue weighted by Crippen LogP contribution is -2.43. The van der Waals surface area contributed by atoms with E-state index in [4.69, 9.17) is 10.5 Å². The van der Waals surface area contributed by atoms with Gasteiger partial charge in [-0.2, -0.15) is 11.3 Å². The Kier molecular flexibility index (Phi) is 7.46. The summed E-state index contributed by atoms with van der Waals surface area (Å²) < 4.78 is 5.14. The molecule has 0 saturated carbocycles. The Hall–Kier alpha value is -0.460. The summed E-state index contributed by atoms with van der Waals surface area (Å²) >= 11 is 1.68. The highest BCUT2D eigenvalue weighted by Crippen LogP contribution is 2.26. The summed E-state index contributed by atoms with van der Waals surface area (Å²) in [4.78, 5) is 2.21. The molecule has 0 radical (unpaired) electrons. The van der Waals surface area contributed by atoms with E-state index in [-0.39, 0.29) is 18.7 Å². The summed E-state index contributed by atoms with van der Waals surface area (Å²) in [5.41, 5.74) is 7.49. The van der Waals surface area contributed by atoms with Crippen molar-refractivity contribution in [3.8, 4) is 0 Å². The maximum Gasteiger partial charge on any atom is 0.0589 e. The first-order valence-corrected chi connectivity index (χ1v) is 7.30. The summed E-state index contributed by atoms with van der Waals surface area (Å²) in [6.45, 7) is 4.29. The predicted molar refractivity (Wildman–Crippen MR) is 75.9 cm³/mol. The Morgan fingerprint density at radius 1 is 1.50 bits per heavy atom. The molecule has 1 heterocycles. The van der Waals surface area contributed by atoms with Crippen molar-refractivity contribution in [3.05, 3.63) is 22.4 Å². The van der Waals surface area contributed by atoms with E-state index in [1.165, 1.54) is 5.56 Å². The molecule has 18 heavy (non-hydrogen) atoms. The Bertz CT molecular complexity index is 306. The topological polar surface area (TPSA) is 58.7 Å². The lowest BCUT2D eigenvalue weighted by molar-refractivity contribution is 0.0901. The second-order valence-electron chi connectivity index (χ2n) is 4.33. The zero-order valence-corrected chi connectivity index (χ0v) is 12.0. The highest BCUT2D eigenvalue weighted by molar-refractivity contribution is 7.07. The Morgan fingerprint density at radius 3 is 2.78 bits per heavy atom. The van der Waals surface area contributed by atoms with Crippen LogP contribution < -0.4 is 5.73 Å². The van der Waals surface area contributed by atoms with Gasteiger partial charge in [-0.15, -0.1) is 0 Å². The minimum absolute atomic E-state index is 0.0722. The number of nitrogens with zero attached hydrogens (tertiary/aromatic N) is 1. The molecule has 0 amide bonds. The fraction of sp³-hybridized carbons (Fsp3) is 0.692. The average Bonchev–Trinajstić information content (AvgIpc) is 2.89. The molecular weight excluding hydrogens is 248 g/mol. The smallest absolute Gasteiger partial charge is 0.0589 e. The molecule has 5 heteroatoms. The minimum Gasteiger partial charge on any atom is -0.395 e. The molecule has 2 unspecified atom stereocenters. The summed E-state index contributed by atoms with van der Waals surface area (Å²) in [5.74, 6) is 0. The largest absolute Gasteiger partial charge is 0.395 e. The molecule has 4 nitrogen and oxygen atoms in total. The van der Waals surface area contributed by atoms with E-state index in [0.717, 1.165) is 13.0 Å². The van der Waals surface area contributed by atoms with Crippen LogP contribution in [0.25, 0.3) is 0 Å². The lowest BCUT2D eigenvalue weighted by Gasteiger charge is -2.34. The lowest BCUT2D eigenvalue weighted by atomic mass is 9.98. The second-order valence-corrected chi connectivity index (χ2v) is 5.11. The van der Waals surface area contributed by atoms with E-state index in [1.54, 1.807) is 18.4 Å². The molecule has 2 atom stereocenters. The normalized spacial score (nSPS) is 14.9. The quantitative estimate of drug-likeness (QED) is 0.714. The number of hydrogen-bond donors (Lipinski definition) is 2. The first-order valence-electron chi connectivity index (χ1n) is 6.36. The van der Waals surface area contributed by atoms with Crippen molar-refractivity contribution in [1.29, 1.82) is 0 Å². The number of nitrogens with two attached hydrogens (primary N) is 1. The van der Waals surface area contributed by atoms with Crippen molar-refractivity contribution >= 4 is 11.3 Å². The van der Waals surface area contributed by atoms with Crippen molar-refractivity contribution in [3.63, 3.8) is 0 Å². The van der Waals surface area contributed by atoms with Gasteiger partial charge in [0, 0.05) is 26.2 Å². The van der Waals surface area contributed by atoms with Crippen molar-refractivity contribution in [2.24, 2.45) is 5.73 Å². The van der Waals surface area contributed by atoms with Crippen LogP contribution in [-0.2, 0) is 4.74 Å². The Morgan fingerprint density at radius 2 is 2.28 bits per heavy atom. The number of ether oxygens (including phenoxy) is 1. The van der Waals surface area contributed by atoms with Crippen LogP contribution in [0.2, 0.25) is 0 Å². The number of rotatable bonds is 9. The molecule has 1 aromatic rings. The third-order valence-corrected chi connectivity index (χ3v) is 3.83. The van der Waals surface area contributed by atoms with Gasteiger partial charge in [-0.25, -0.2) is 0 Å². The van der Waals surface area contributed by atoms with Crippen molar-refractivity contribution in [2.45, 2.75) is 25.4 Å². The zero-order chi connectivity index (χ0) is 13.4. The van der Waals surface area contributed by atoms with Gasteiger partial charge in [0.15, 0.2) is 0 Å². The Balaban J connectivity index is 2.83. The molecule has 0 aliphatic heterocycles. The monoisotopic (exact) mass is 272 g/mol. The number of aliphatic hydroxyl groups excluding tert-OH is 1. The summed E-state index contributed by atoms with van der Waals surface area (Å²) in [6.07, 6.45) is 0.912. The van der Waals surface area contributed by atoms with Gasteiger partial charge < -0.3 is 15.6 Å². The van der Waals surface area contributed by atoms with Crippen molar-refractivity contribution in [2.75, 3.05) is 33.4 Å². The van der Waals surface area contributed by atoms with E-state index in [0.29, 0.717) is 13.2 Å². The van der Waals surface area contributed by atoms with Crippen molar-refractivity contribution < 1.29 is 9.84 Å². The van der Waals surface area contributed by atoms with Gasteiger partial charge in [0.05, 0.1) is 19.3 Å². The SMILES string of the molecule is CCC(N)C(c1ccsc1)N(CCO)CCOC. The summed E-state index contributed by atoms with van der Waals surface area (Å²) in [6, 6.07) is 2.34. The van der Waals surface area contributed by atoms with E-state index in [1.807, 2.05) is 0 Å². The average molecular weight is 272 g/mol. The number of thiophene rings is 1. The van der Waals surface area contributed by atoms with Crippen LogP contribution in [0.4, 0.5) is 0 Å². The molecule has 1 rings (SSSR count). The van der Waals surface area contributed by atoms with Crippen LogP contribution in [0.3, 0.4) is 0 Å². The molecular formula is C13H24N2O2S. The van der Waals surface area contributed by atoms with Gasteiger partial charge in [-0.3, -0.25) is 4.90 Å². The second kappa shape index (κ2) is 8.61. The highest BCUT2D eigenvalue weighted by Gasteiger charge is 2.25. The van der Waals surface area contributed by atoms with Crippen LogP contribution in [0.15, 0.2) is 16.8 Å². The maximum atomic E-state index is 9.22. The molecule has 0 aliphatic rings. The standard InChI is InChI=1S/C13H24N2O2S/c1-3-12(14)13(11-4-9-18-10-11)15(5-7-16)6-8-17-2/h4,9-10,12-13,16H,3,5-8,14H2,1-2H3. The van der Waals surface area contributed by atoms with Gasteiger partial charge in [0.2, 0.25) is 0 Å².